The molecule has 0 saturated heterocycles. The number of H-pyrrole nitrogens is 1. The number of carbonyl (C=O) groups excluding carboxylic acids is 1. The van der Waals surface area contributed by atoms with Crippen LogP contribution in [0.4, 0.5) is 0 Å². The molecule has 1 aliphatic carbocycles. The van der Waals surface area contributed by atoms with Gasteiger partial charge in [0.25, 0.3) is 5.91 Å². The first-order valence-corrected chi connectivity index (χ1v) is 8.67. The first kappa shape index (κ1) is 16.6. The summed E-state index contributed by atoms with van der Waals surface area (Å²) in [5, 5.41) is 7.17. The number of amides is 1. The topological polar surface area (TPSA) is 58.2 Å². The van der Waals surface area contributed by atoms with Crippen LogP contribution in [0.25, 0.3) is 0 Å². The van der Waals surface area contributed by atoms with Gasteiger partial charge < -0.3 is 9.64 Å². The number of aromatic amines is 1. The van der Waals surface area contributed by atoms with Gasteiger partial charge in [-0.05, 0) is 69.9 Å². The SMILES string of the molecule is CCN(C(=O)c1ccc(OC(C)C)cc1)C1CCc2[nH]ncc2C1. The third-order valence-corrected chi connectivity index (χ3v) is 4.51. The molecule has 3 rings (SSSR count). The van der Waals surface area contributed by atoms with Gasteiger partial charge in [-0.2, -0.15) is 5.10 Å². The molecule has 24 heavy (non-hydrogen) atoms. The molecule has 1 unspecified atom stereocenters. The van der Waals surface area contributed by atoms with Crippen molar-refractivity contribution in [2.24, 2.45) is 0 Å². The monoisotopic (exact) mass is 327 g/mol. The lowest BCUT2D eigenvalue weighted by molar-refractivity contribution is 0.0674. The van der Waals surface area contributed by atoms with E-state index in [0.29, 0.717) is 12.1 Å². The van der Waals surface area contributed by atoms with Crippen LogP contribution < -0.4 is 4.74 Å². The number of hydrogen-bond acceptors (Lipinski definition) is 3. The van der Waals surface area contributed by atoms with Crippen molar-refractivity contribution in [3.05, 3.63) is 47.3 Å². The lowest BCUT2D eigenvalue weighted by Gasteiger charge is -2.33. The molecule has 0 saturated carbocycles. The molecule has 1 atom stereocenters. The molecule has 1 heterocycles. The van der Waals surface area contributed by atoms with Crippen molar-refractivity contribution in [3.63, 3.8) is 0 Å². The molecule has 0 fully saturated rings. The zero-order chi connectivity index (χ0) is 17.1. The largest absolute Gasteiger partial charge is 0.491 e. The van der Waals surface area contributed by atoms with E-state index < -0.39 is 0 Å². The predicted molar refractivity (Wildman–Crippen MR) is 93.3 cm³/mol. The van der Waals surface area contributed by atoms with E-state index in [1.807, 2.05) is 56.1 Å². The third kappa shape index (κ3) is 3.45. The highest BCUT2D eigenvalue weighted by Gasteiger charge is 2.28. The number of ether oxygens (including phenoxy) is 1. The van der Waals surface area contributed by atoms with Crippen molar-refractivity contribution in [1.82, 2.24) is 15.1 Å². The molecule has 1 N–H and O–H groups in total. The summed E-state index contributed by atoms with van der Waals surface area (Å²) >= 11 is 0. The van der Waals surface area contributed by atoms with Crippen LogP contribution in [0.1, 0.15) is 48.8 Å². The normalized spacial score (nSPS) is 16.8. The number of nitrogens with one attached hydrogen (secondary N) is 1. The Bertz CT molecular complexity index is 691. The van der Waals surface area contributed by atoms with Crippen LogP contribution in [0.2, 0.25) is 0 Å². The maximum atomic E-state index is 12.9. The molecule has 2 aromatic rings. The zero-order valence-corrected chi connectivity index (χ0v) is 14.6. The minimum atomic E-state index is 0.0885. The van der Waals surface area contributed by atoms with Crippen molar-refractivity contribution in [2.45, 2.75) is 52.2 Å². The molecule has 0 bridgehead atoms. The van der Waals surface area contributed by atoms with E-state index in [1.165, 1.54) is 11.3 Å². The maximum Gasteiger partial charge on any atom is 0.254 e. The fraction of sp³-hybridized carbons (Fsp3) is 0.474. The van der Waals surface area contributed by atoms with E-state index in [0.717, 1.165) is 25.0 Å². The molecule has 0 radical (unpaired) electrons. The second-order valence-electron chi connectivity index (χ2n) is 6.55. The summed E-state index contributed by atoms with van der Waals surface area (Å²) in [4.78, 5) is 14.9. The van der Waals surface area contributed by atoms with Gasteiger partial charge in [0.2, 0.25) is 0 Å². The fourth-order valence-corrected chi connectivity index (χ4v) is 3.34. The Morgan fingerprint density at radius 1 is 1.38 bits per heavy atom. The Morgan fingerprint density at radius 2 is 2.12 bits per heavy atom. The number of hydrogen-bond donors (Lipinski definition) is 1. The van der Waals surface area contributed by atoms with Gasteiger partial charge in [0.05, 0.1) is 12.3 Å². The van der Waals surface area contributed by atoms with Crippen LogP contribution >= 0.6 is 0 Å². The number of benzene rings is 1. The van der Waals surface area contributed by atoms with Gasteiger partial charge in [-0.3, -0.25) is 9.89 Å². The number of nitrogens with zero attached hydrogens (tertiary/aromatic N) is 2. The maximum absolute atomic E-state index is 12.9. The Balaban J connectivity index is 1.72. The molecular formula is C19H25N3O2. The molecule has 0 spiro atoms. The average molecular weight is 327 g/mol. The molecule has 5 heteroatoms. The summed E-state index contributed by atoms with van der Waals surface area (Å²) < 4.78 is 5.65. The van der Waals surface area contributed by atoms with Crippen molar-refractivity contribution in [3.8, 4) is 5.75 Å². The second-order valence-corrected chi connectivity index (χ2v) is 6.55. The molecule has 1 aromatic heterocycles. The van der Waals surface area contributed by atoms with E-state index in [-0.39, 0.29) is 18.1 Å². The smallest absolute Gasteiger partial charge is 0.254 e. The molecule has 5 nitrogen and oxygen atoms in total. The van der Waals surface area contributed by atoms with Crippen molar-refractivity contribution < 1.29 is 9.53 Å². The van der Waals surface area contributed by atoms with E-state index in [1.54, 1.807) is 0 Å². The molecule has 1 aromatic carbocycles. The standard InChI is InChI=1S/C19H25N3O2/c1-4-22(16-7-10-18-15(11-16)12-20-21-18)19(23)14-5-8-17(9-6-14)24-13(2)3/h5-6,8-9,12-13,16H,4,7,10-11H2,1-3H3,(H,20,21). The minimum absolute atomic E-state index is 0.0885. The predicted octanol–water partition coefficient (Wildman–Crippen LogP) is 3.22. The lowest BCUT2D eigenvalue weighted by Crippen LogP contribution is -2.43. The first-order valence-electron chi connectivity index (χ1n) is 8.67. The fourth-order valence-electron chi connectivity index (χ4n) is 3.34. The van der Waals surface area contributed by atoms with Gasteiger partial charge in [0, 0.05) is 23.8 Å². The van der Waals surface area contributed by atoms with Gasteiger partial charge in [-0.1, -0.05) is 0 Å². The van der Waals surface area contributed by atoms with E-state index in [4.69, 9.17) is 4.74 Å². The van der Waals surface area contributed by atoms with E-state index in [2.05, 4.69) is 10.2 Å². The van der Waals surface area contributed by atoms with Crippen LogP contribution in [0.5, 0.6) is 5.75 Å². The molecule has 1 aliphatic rings. The zero-order valence-electron chi connectivity index (χ0n) is 14.6. The van der Waals surface area contributed by atoms with Crippen LogP contribution in [0.3, 0.4) is 0 Å². The van der Waals surface area contributed by atoms with Crippen LogP contribution in [0, 0.1) is 0 Å². The minimum Gasteiger partial charge on any atom is -0.491 e. The van der Waals surface area contributed by atoms with Gasteiger partial charge in [-0.25, -0.2) is 0 Å². The van der Waals surface area contributed by atoms with Crippen LogP contribution in [-0.4, -0.2) is 39.7 Å². The summed E-state index contributed by atoms with van der Waals surface area (Å²) in [6, 6.07) is 7.69. The highest BCUT2D eigenvalue weighted by Crippen LogP contribution is 2.24. The van der Waals surface area contributed by atoms with E-state index >= 15 is 0 Å². The molecular weight excluding hydrogens is 302 g/mol. The molecule has 1 amide bonds. The number of fused-ring (bicyclic) bond motifs is 1. The Hall–Kier alpha value is -2.30. The number of aromatic nitrogens is 2. The molecule has 128 valence electrons. The second kappa shape index (κ2) is 7.07. The average Bonchev–Trinajstić information content (AvgIpc) is 3.03. The number of aryl methyl sites for hydroxylation is 1. The quantitative estimate of drug-likeness (QED) is 0.917. The number of likely N-dealkylation sites (N-methyl/N-ethyl adjacent to an activating group) is 1. The summed E-state index contributed by atoms with van der Waals surface area (Å²) in [6.45, 7) is 6.73. The Kier molecular flexibility index (Phi) is 4.88. The van der Waals surface area contributed by atoms with Crippen LogP contribution in [0.15, 0.2) is 30.5 Å². The lowest BCUT2D eigenvalue weighted by atomic mass is 9.92. The number of carbonyl (C=O) groups is 1. The van der Waals surface area contributed by atoms with Crippen molar-refractivity contribution in [1.29, 1.82) is 0 Å². The highest BCUT2D eigenvalue weighted by molar-refractivity contribution is 5.94. The highest BCUT2D eigenvalue weighted by atomic mass is 16.5. The van der Waals surface area contributed by atoms with Crippen molar-refractivity contribution in [2.75, 3.05) is 6.54 Å². The van der Waals surface area contributed by atoms with E-state index in [9.17, 15) is 4.79 Å². The Morgan fingerprint density at radius 3 is 2.79 bits per heavy atom. The van der Waals surface area contributed by atoms with Crippen molar-refractivity contribution >= 4 is 5.91 Å². The van der Waals surface area contributed by atoms with Gasteiger partial charge in [0.15, 0.2) is 0 Å². The summed E-state index contributed by atoms with van der Waals surface area (Å²) in [7, 11) is 0. The van der Waals surface area contributed by atoms with Gasteiger partial charge in [-0.15, -0.1) is 0 Å². The first-order chi connectivity index (χ1) is 11.6. The van der Waals surface area contributed by atoms with Gasteiger partial charge >= 0.3 is 0 Å². The number of rotatable bonds is 5. The summed E-state index contributed by atoms with van der Waals surface area (Å²) in [5.41, 5.74) is 3.16. The summed E-state index contributed by atoms with van der Waals surface area (Å²) in [5.74, 6) is 0.885. The van der Waals surface area contributed by atoms with Gasteiger partial charge in [0.1, 0.15) is 5.75 Å². The molecule has 0 aliphatic heterocycles. The Labute approximate surface area is 143 Å². The van der Waals surface area contributed by atoms with Crippen LogP contribution in [-0.2, 0) is 12.8 Å². The third-order valence-electron chi connectivity index (χ3n) is 4.51. The summed E-state index contributed by atoms with van der Waals surface area (Å²) in [6.07, 6.45) is 4.82.